The van der Waals surface area contributed by atoms with Crippen molar-refractivity contribution in [3.8, 4) is 0 Å². The number of H-pyrrole nitrogens is 1. The Balaban J connectivity index is 1.90. The number of pyridine rings is 1. The van der Waals surface area contributed by atoms with Crippen LogP contribution in [-0.4, -0.2) is 26.0 Å². The van der Waals surface area contributed by atoms with Gasteiger partial charge >= 0.3 is 0 Å². The number of amides is 1. The first-order valence-corrected chi connectivity index (χ1v) is 8.97. The molecule has 1 unspecified atom stereocenters. The second kappa shape index (κ2) is 8.14. The maximum absolute atomic E-state index is 13.3. The van der Waals surface area contributed by atoms with Crippen LogP contribution in [0.3, 0.4) is 0 Å². The monoisotopic (exact) mass is 363 g/mol. The number of aromatic amines is 1. The first-order chi connectivity index (χ1) is 13.0. The average Bonchev–Trinajstić information content (AvgIpc) is 3.01. The summed E-state index contributed by atoms with van der Waals surface area (Å²) < 4.78 is 0. The Morgan fingerprint density at radius 1 is 1.11 bits per heavy atom. The summed E-state index contributed by atoms with van der Waals surface area (Å²) in [4.78, 5) is 19.5. The number of aromatic nitrogens is 3. The van der Waals surface area contributed by atoms with Gasteiger partial charge in [0.1, 0.15) is 6.04 Å². The number of aryl methyl sites for hydroxylation is 3. The van der Waals surface area contributed by atoms with Crippen molar-refractivity contribution in [2.24, 2.45) is 5.73 Å². The van der Waals surface area contributed by atoms with Crippen molar-refractivity contribution in [3.63, 3.8) is 0 Å². The van der Waals surface area contributed by atoms with Crippen molar-refractivity contribution in [2.45, 2.75) is 39.9 Å². The lowest BCUT2D eigenvalue weighted by Crippen LogP contribution is -2.38. The van der Waals surface area contributed by atoms with Crippen LogP contribution in [0.2, 0.25) is 0 Å². The van der Waals surface area contributed by atoms with Gasteiger partial charge in [-0.2, -0.15) is 5.10 Å². The Kier molecular flexibility index (Phi) is 5.66. The Morgan fingerprint density at radius 2 is 1.85 bits per heavy atom. The van der Waals surface area contributed by atoms with Crippen molar-refractivity contribution >= 4 is 5.91 Å². The van der Waals surface area contributed by atoms with E-state index in [4.69, 9.17) is 5.73 Å². The van der Waals surface area contributed by atoms with E-state index in [-0.39, 0.29) is 5.91 Å². The van der Waals surface area contributed by atoms with E-state index < -0.39 is 6.04 Å². The summed E-state index contributed by atoms with van der Waals surface area (Å²) in [5, 5.41) is 7.08. The Labute approximate surface area is 159 Å². The number of hydrogen-bond donors (Lipinski definition) is 2. The molecule has 1 aromatic carbocycles. The molecule has 6 heteroatoms. The third-order valence-corrected chi connectivity index (χ3v) is 4.75. The summed E-state index contributed by atoms with van der Waals surface area (Å²) in [6.07, 6.45) is 1.75. The van der Waals surface area contributed by atoms with Crippen molar-refractivity contribution in [3.05, 3.63) is 82.4 Å². The number of rotatable bonds is 6. The number of nitrogens with zero attached hydrogens (tertiary/aromatic N) is 3. The van der Waals surface area contributed by atoms with Crippen LogP contribution < -0.4 is 5.73 Å². The molecule has 0 spiro atoms. The molecule has 0 radical (unpaired) electrons. The second-order valence-corrected chi connectivity index (χ2v) is 6.77. The van der Waals surface area contributed by atoms with Crippen LogP contribution in [0.5, 0.6) is 0 Å². The molecule has 0 fully saturated rings. The van der Waals surface area contributed by atoms with Crippen molar-refractivity contribution in [2.75, 3.05) is 0 Å². The smallest absolute Gasteiger partial charge is 0.244 e. The van der Waals surface area contributed by atoms with Gasteiger partial charge < -0.3 is 10.6 Å². The zero-order valence-corrected chi connectivity index (χ0v) is 15.9. The first kappa shape index (κ1) is 18.8. The number of benzene rings is 1. The van der Waals surface area contributed by atoms with Crippen LogP contribution in [0.15, 0.2) is 48.7 Å². The molecule has 0 aliphatic carbocycles. The molecule has 3 N–H and O–H groups in total. The molecular weight excluding hydrogens is 338 g/mol. The zero-order chi connectivity index (χ0) is 19.4. The number of nitrogens with two attached hydrogens (primary N) is 1. The summed E-state index contributed by atoms with van der Waals surface area (Å²) in [5.74, 6) is -0.142. The highest BCUT2D eigenvalue weighted by molar-refractivity contribution is 5.83. The molecule has 0 saturated heterocycles. The minimum Gasteiger partial charge on any atom is -0.331 e. The fourth-order valence-corrected chi connectivity index (χ4v) is 3.22. The van der Waals surface area contributed by atoms with E-state index in [0.29, 0.717) is 13.1 Å². The molecule has 6 nitrogen and oxygen atoms in total. The molecule has 0 aliphatic heterocycles. The van der Waals surface area contributed by atoms with Crippen LogP contribution in [-0.2, 0) is 17.9 Å². The predicted octanol–water partition coefficient (Wildman–Crippen LogP) is 2.96. The molecule has 3 rings (SSSR count). The molecule has 0 saturated carbocycles. The summed E-state index contributed by atoms with van der Waals surface area (Å²) in [5.41, 5.74) is 11.7. The number of carbonyl (C=O) groups is 1. The first-order valence-electron chi connectivity index (χ1n) is 8.97. The van der Waals surface area contributed by atoms with Crippen LogP contribution in [0.1, 0.15) is 39.8 Å². The molecule has 1 atom stereocenters. The SMILES string of the molecule is Cc1cccnc1CN(Cc1ccccc1)C(=O)C(N)c1c(C)n[nH]c1C. The Hall–Kier alpha value is -2.99. The second-order valence-electron chi connectivity index (χ2n) is 6.77. The summed E-state index contributed by atoms with van der Waals surface area (Å²) in [6.45, 7) is 6.62. The number of nitrogens with one attached hydrogen (secondary N) is 1. The molecule has 0 bridgehead atoms. The summed E-state index contributed by atoms with van der Waals surface area (Å²) >= 11 is 0. The maximum Gasteiger partial charge on any atom is 0.244 e. The van der Waals surface area contributed by atoms with E-state index in [1.807, 2.05) is 63.2 Å². The van der Waals surface area contributed by atoms with Crippen molar-refractivity contribution in [1.82, 2.24) is 20.1 Å². The van der Waals surface area contributed by atoms with Gasteiger partial charge in [-0.15, -0.1) is 0 Å². The lowest BCUT2D eigenvalue weighted by atomic mass is 10.0. The van der Waals surface area contributed by atoms with Gasteiger partial charge in [0.25, 0.3) is 0 Å². The van der Waals surface area contributed by atoms with Crippen LogP contribution in [0, 0.1) is 20.8 Å². The van der Waals surface area contributed by atoms with Crippen molar-refractivity contribution in [1.29, 1.82) is 0 Å². The van der Waals surface area contributed by atoms with E-state index in [1.165, 1.54) is 0 Å². The van der Waals surface area contributed by atoms with Crippen LogP contribution >= 0.6 is 0 Å². The molecule has 1 amide bonds. The minimum absolute atomic E-state index is 0.142. The number of carbonyl (C=O) groups excluding carboxylic acids is 1. The average molecular weight is 363 g/mol. The van der Waals surface area contributed by atoms with Gasteiger partial charge in [0, 0.05) is 24.0 Å². The van der Waals surface area contributed by atoms with Gasteiger partial charge in [0.05, 0.1) is 17.9 Å². The van der Waals surface area contributed by atoms with Gasteiger partial charge in [-0.3, -0.25) is 14.9 Å². The summed E-state index contributed by atoms with van der Waals surface area (Å²) in [7, 11) is 0. The zero-order valence-electron chi connectivity index (χ0n) is 15.9. The predicted molar refractivity (Wildman–Crippen MR) is 105 cm³/mol. The highest BCUT2D eigenvalue weighted by atomic mass is 16.2. The Bertz CT molecular complexity index is 900. The fourth-order valence-electron chi connectivity index (χ4n) is 3.22. The van der Waals surface area contributed by atoms with Gasteiger partial charge in [0.15, 0.2) is 0 Å². The van der Waals surface area contributed by atoms with Gasteiger partial charge in [-0.25, -0.2) is 0 Å². The lowest BCUT2D eigenvalue weighted by Gasteiger charge is -2.26. The van der Waals surface area contributed by atoms with E-state index >= 15 is 0 Å². The molecule has 3 aromatic rings. The topological polar surface area (TPSA) is 87.9 Å². The molecular formula is C21H25N5O. The molecule has 2 heterocycles. The third-order valence-electron chi connectivity index (χ3n) is 4.75. The van der Waals surface area contributed by atoms with Crippen LogP contribution in [0.4, 0.5) is 0 Å². The van der Waals surface area contributed by atoms with Gasteiger partial charge in [-0.1, -0.05) is 36.4 Å². The molecule has 27 heavy (non-hydrogen) atoms. The largest absolute Gasteiger partial charge is 0.331 e. The standard InChI is InChI=1S/C21H25N5O/c1-14-8-7-11-23-18(14)13-26(12-17-9-5-4-6-10-17)21(27)20(22)19-15(2)24-25-16(19)3/h4-11,20H,12-13,22H2,1-3H3,(H,24,25). The lowest BCUT2D eigenvalue weighted by molar-refractivity contribution is -0.134. The van der Waals surface area contributed by atoms with Gasteiger partial charge in [-0.05, 0) is 38.0 Å². The minimum atomic E-state index is -0.767. The summed E-state index contributed by atoms with van der Waals surface area (Å²) in [6, 6.07) is 13.0. The van der Waals surface area contributed by atoms with Crippen molar-refractivity contribution < 1.29 is 4.79 Å². The fraction of sp³-hybridized carbons (Fsp3) is 0.286. The molecule has 140 valence electrons. The third kappa shape index (κ3) is 4.23. The molecule has 0 aliphatic rings. The van der Waals surface area contributed by atoms with Gasteiger partial charge in [0.2, 0.25) is 5.91 Å². The van der Waals surface area contributed by atoms with E-state index in [1.54, 1.807) is 11.1 Å². The van der Waals surface area contributed by atoms with E-state index in [0.717, 1.165) is 33.8 Å². The molecule has 2 aromatic heterocycles. The van der Waals surface area contributed by atoms with E-state index in [9.17, 15) is 4.79 Å². The number of hydrogen-bond acceptors (Lipinski definition) is 4. The maximum atomic E-state index is 13.3. The highest BCUT2D eigenvalue weighted by Crippen LogP contribution is 2.22. The quantitative estimate of drug-likeness (QED) is 0.705. The van der Waals surface area contributed by atoms with Crippen LogP contribution in [0.25, 0.3) is 0 Å². The Morgan fingerprint density at radius 3 is 2.48 bits per heavy atom. The highest BCUT2D eigenvalue weighted by Gasteiger charge is 2.27. The normalized spacial score (nSPS) is 12.0. The van der Waals surface area contributed by atoms with E-state index in [2.05, 4.69) is 15.2 Å².